The molecule has 0 aliphatic carbocycles. The highest BCUT2D eigenvalue weighted by Crippen LogP contribution is 2.21. The molecule has 126 valence electrons. The molecule has 1 aromatic carbocycles. The lowest BCUT2D eigenvalue weighted by molar-refractivity contribution is 0.474. The highest BCUT2D eigenvalue weighted by Gasteiger charge is 2.13. The molecule has 0 radical (unpaired) electrons. The van der Waals surface area contributed by atoms with Crippen molar-refractivity contribution in [3.8, 4) is 5.75 Å². The van der Waals surface area contributed by atoms with Crippen LogP contribution in [0.25, 0.3) is 0 Å². The summed E-state index contributed by atoms with van der Waals surface area (Å²) >= 11 is 3.38. The van der Waals surface area contributed by atoms with Gasteiger partial charge in [0.25, 0.3) is 0 Å². The molecule has 1 aliphatic rings. The Morgan fingerprint density at radius 1 is 1.21 bits per heavy atom. The normalized spacial score (nSPS) is 15.0. The summed E-state index contributed by atoms with van der Waals surface area (Å²) < 4.78 is 0.881. The molecular formula is C17H20BrN5O. The highest BCUT2D eigenvalue weighted by molar-refractivity contribution is 9.10. The monoisotopic (exact) mass is 389 g/mol. The number of benzene rings is 1. The summed E-state index contributed by atoms with van der Waals surface area (Å²) in [5.41, 5.74) is 3.55. The van der Waals surface area contributed by atoms with Gasteiger partial charge < -0.3 is 10.0 Å². The third-order valence-electron chi connectivity index (χ3n) is 3.88. The zero-order valence-corrected chi connectivity index (χ0v) is 15.1. The number of hydrogen-bond acceptors (Lipinski definition) is 6. The second-order valence-electron chi connectivity index (χ2n) is 5.78. The number of hydrogen-bond donors (Lipinski definition) is 2. The Morgan fingerprint density at radius 2 is 2.00 bits per heavy atom. The molecule has 0 spiro atoms. The smallest absolute Gasteiger partial charge is 0.152 e. The van der Waals surface area contributed by atoms with E-state index >= 15 is 0 Å². The predicted octanol–water partition coefficient (Wildman–Crippen LogP) is 3.69. The van der Waals surface area contributed by atoms with Crippen LogP contribution >= 0.6 is 15.9 Å². The lowest BCUT2D eigenvalue weighted by Gasteiger charge is -2.27. The molecule has 1 fully saturated rings. The van der Waals surface area contributed by atoms with Crippen LogP contribution in [0.1, 0.15) is 30.7 Å². The van der Waals surface area contributed by atoms with Crippen molar-refractivity contribution >= 4 is 33.8 Å². The molecule has 1 aliphatic heterocycles. The summed E-state index contributed by atoms with van der Waals surface area (Å²) in [5, 5.41) is 14.0. The minimum atomic E-state index is 0.177. The fraction of sp³-hybridized carbons (Fsp3) is 0.353. The Hall–Kier alpha value is -2.15. The third-order valence-corrected chi connectivity index (χ3v) is 4.37. The summed E-state index contributed by atoms with van der Waals surface area (Å²) in [5.74, 6) is 2.47. The molecule has 6 nitrogen and oxygen atoms in total. The zero-order valence-electron chi connectivity index (χ0n) is 13.5. The molecule has 1 aromatic heterocycles. The number of aromatic hydroxyl groups is 1. The van der Waals surface area contributed by atoms with Gasteiger partial charge in [0, 0.05) is 29.2 Å². The summed E-state index contributed by atoms with van der Waals surface area (Å²) in [6, 6.07) is 7.11. The van der Waals surface area contributed by atoms with E-state index in [1.165, 1.54) is 19.3 Å². The zero-order chi connectivity index (χ0) is 16.9. The molecule has 1 saturated heterocycles. The van der Waals surface area contributed by atoms with E-state index in [1.54, 1.807) is 24.4 Å². The van der Waals surface area contributed by atoms with E-state index in [9.17, 15) is 5.11 Å². The lowest BCUT2D eigenvalue weighted by atomic mass is 10.1. The number of nitrogens with one attached hydrogen (secondary N) is 1. The minimum absolute atomic E-state index is 0.177. The van der Waals surface area contributed by atoms with Gasteiger partial charge >= 0.3 is 0 Å². The molecule has 24 heavy (non-hydrogen) atoms. The van der Waals surface area contributed by atoms with Crippen LogP contribution in [0.15, 0.2) is 33.8 Å². The van der Waals surface area contributed by atoms with Crippen LogP contribution in [0.4, 0.5) is 11.6 Å². The highest BCUT2D eigenvalue weighted by atomic mass is 79.9. The second-order valence-corrected chi connectivity index (χ2v) is 6.70. The van der Waals surface area contributed by atoms with Gasteiger partial charge in [0.1, 0.15) is 17.4 Å². The number of phenols is 1. The van der Waals surface area contributed by atoms with Gasteiger partial charge in [-0.25, -0.2) is 9.97 Å². The Balaban J connectivity index is 1.73. The van der Waals surface area contributed by atoms with Crippen LogP contribution in [0.3, 0.4) is 0 Å². The van der Waals surface area contributed by atoms with Gasteiger partial charge in [0.15, 0.2) is 5.82 Å². The molecule has 2 aromatic rings. The molecular weight excluding hydrogens is 370 g/mol. The number of aryl methyl sites for hydroxylation is 1. The summed E-state index contributed by atoms with van der Waals surface area (Å²) in [6.45, 7) is 3.94. The van der Waals surface area contributed by atoms with Crippen LogP contribution in [0, 0.1) is 6.92 Å². The number of piperidine rings is 1. The van der Waals surface area contributed by atoms with E-state index in [0.29, 0.717) is 17.2 Å². The maximum Gasteiger partial charge on any atom is 0.152 e. The standard InChI is InChI=1S/C17H20BrN5O/c1-12-20-16(10-17(21-12)23-7-3-2-4-8-23)22-19-11-13-9-14(18)5-6-15(13)24/h5-6,9-11,24H,2-4,7-8H2,1H3,(H,20,21,22)/b19-11+. The van der Waals surface area contributed by atoms with E-state index in [-0.39, 0.29) is 5.75 Å². The van der Waals surface area contributed by atoms with Crippen molar-refractivity contribution in [1.82, 2.24) is 9.97 Å². The lowest BCUT2D eigenvalue weighted by Crippen LogP contribution is -2.30. The van der Waals surface area contributed by atoms with Crippen molar-refractivity contribution in [3.05, 3.63) is 40.1 Å². The van der Waals surface area contributed by atoms with E-state index in [2.05, 4.69) is 41.3 Å². The van der Waals surface area contributed by atoms with E-state index in [0.717, 1.165) is 23.4 Å². The van der Waals surface area contributed by atoms with Gasteiger partial charge in [-0.15, -0.1) is 0 Å². The minimum Gasteiger partial charge on any atom is -0.507 e. The molecule has 0 amide bonds. The number of halogens is 1. The number of anilines is 2. The van der Waals surface area contributed by atoms with E-state index in [4.69, 9.17) is 0 Å². The fourth-order valence-corrected chi connectivity index (χ4v) is 3.07. The number of nitrogens with zero attached hydrogens (tertiary/aromatic N) is 4. The molecule has 2 heterocycles. The van der Waals surface area contributed by atoms with Crippen LogP contribution in [-0.4, -0.2) is 34.4 Å². The van der Waals surface area contributed by atoms with E-state index in [1.807, 2.05) is 13.0 Å². The fourth-order valence-electron chi connectivity index (χ4n) is 2.69. The van der Waals surface area contributed by atoms with Crippen molar-refractivity contribution in [3.63, 3.8) is 0 Å². The topological polar surface area (TPSA) is 73.6 Å². The van der Waals surface area contributed by atoms with Gasteiger partial charge in [0.05, 0.1) is 6.21 Å². The number of aromatic nitrogens is 2. The van der Waals surface area contributed by atoms with E-state index < -0.39 is 0 Å². The first-order valence-electron chi connectivity index (χ1n) is 8.00. The average Bonchev–Trinajstić information content (AvgIpc) is 2.58. The first-order valence-corrected chi connectivity index (χ1v) is 8.79. The van der Waals surface area contributed by atoms with Gasteiger partial charge in [-0.1, -0.05) is 15.9 Å². The van der Waals surface area contributed by atoms with Crippen LogP contribution in [0.2, 0.25) is 0 Å². The molecule has 0 saturated carbocycles. The largest absolute Gasteiger partial charge is 0.507 e. The van der Waals surface area contributed by atoms with Gasteiger partial charge in [0.2, 0.25) is 0 Å². The first kappa shape index (κ1) is 16.7. The number of rotatable bonds is 4. The third kappa shape index (κ3) is 4.23. The maximum atomic E-state index is 9.82. The van der Waals surface area contributed by atoms with Crippen molar-refractivity contribution in [2.45, 2.75) is 26.2 Å². The molecule has 3 rings (SSSR count). The summed E-state index contributed by atoms with van der Waals surface area (Å²) in [6.07, 6.45) is 5.25. The molecule has 7 heteroatoms. The Kier molecular flexibility index (Phi) is 5.30. The van der Waals surface area contributed by atoms with Crippen molar-refractivity contribution in [2.24, 2.45) is 5.10 Å². The molecule has 0 bridgehead atoms. The van der Waals surface area contributed by atoms with Crippen LogP contribution in [-0.2, 0) is 0 Å². The maximum absolute atomic E-state index is 9.82. The number of hydrazone groups is 1. The van der Waals surface area contributed by atoms with Crippen LogP contribution in [0.5, 0.6) is 5.75 Å². The van der Waals surface area contributed by atoms with Gasteiger partial charge in [-0.05, 0) is 44.4 Å². The van der Waals surface area contributed by atoms with Gasteiger partial charge in [-0.2, -0.15) is 5.10 Å². The SMILES string of the molecule is Cc1nc(N/N=C/c2cc(Br)ccc2O)cc(N2CCCCC2)n1. The van der Waals surface area contributed by atoms with Crippen molar-refractivity contribution in [2.75, 3.05) is 23.4 Å². The molecule has 0 unspecified atom stereocenters. The summed E-state index contributed by atoms with van der Waals surface area (Å²) in [4.78, 5) is 11.2. The Bertz CT molecular complexity index is 744. The van der Waals surface area contributed by atoms with Crippen molar-refractivity contribution < 1.29 is 5.11 Å². The van der Waals surface area contributed by atoms with Crippen LogP contribution < -0.4 is 10.3 Å². The first-order chi connectivity index (χ1) is 11.6. The average molecular weight is 390 g/mol. The predicted molar refractivity (Wildman–Crippen MR) is 99.9 cm³/mol. The molecule has 2 N–H and O–H groups in total. The molecule has 0 atom stereocenters. The van der Waals surface area contributed by atoms with Crippen molar-refractivity contribution in [1.29, 1.82) is 0 Å². The quantitative estimate of drug-likeness (QED) is 0.615. The Morgan fingerprint density at radius 3 is 2.79 bits per heavy atom. The second kappa shape index (κ2) is 7.61. The Labute approximate surface area is 149 Å². The number of phenolic OH excluding ortho intramolecular Hbond substituents is 1. The van der Waals surface area contributed by atoms with Gasteiger partial charge in [-0.3, -0.25) is 5.43 Å². The summed E-state index contributed by atoms with van der Waals surface area (Å²) in [7, 11) is 0.